The van der Waals surface area contributed by atoms with E-state index in [1.807, 2.05) is 13.0 Å². The maximum atomic E-state index is 12.3. The van der Waals surface area contributed by atoms with Gasteiger partial charge in [0.25, 0.3) is 5.91 Å². The number of fused-ring (bicyclic) bond motifs is 1. The number of carbonyl (C=O) groups is 1. The zero-order valence-corrected chi connectivity index (χ0v) is 12.8. The Morgan fingerprint density at radius 3 is 2.70 bits per heavy atom. The van der Waals surface area contributed by atoms with Crippen molar-refractivity contribution in [3.8, 4) is 5.75 Å². The zero-order chi connectivity index (χ0) is 16.4. The van der Waals surface area contributed by atoms with Crippen LogP contribution in [-0.2, 0) is 0 Å². The van der Waals surface area contributed by atoms with Gasteiger partial charge in [0.15, 0.2) is 0 Å². The highest BCUT2D eigenvalue weighted by atomic mass is 16.5. The first-order chi connectivity index (χ1) is 11.1. The third-order valence-corrected chi connectivity index (χ3v) is 3.55. The highest BCUT2D eigenvalue weighted by Crippen LogP contribution is 2.21. The Bertz CT molecular complexity index is 943. The van der Waals surface area contributed by atoms with Gasteiger partial charge in [-0.3, -0.25) is 4.79 Å². The topological polar surface area (TPSA) is 68.5 Å². The normalized spacial score (nSPS) is 10.5. The Morgan fingerprint density at radius 1 is 1.09 bits per heavy atom. The van der Waals surface area contributed by atoms with Gasteiger partial charge in [0.05, 0.1) is 7.11 Å². The van der Waals surface area contributed by atoms with E-state index >= 15 is 0 Å². The first-order valence-corrected chi connectivity index (χ1v) is 7.07. The molecule has 3 aromatic rings. The number of nitrogens with one attached hydrogen (secondary N) is 1. The zero-order valence-electron chi connectivity index (χ0n) is 12.8. The van der Waals surface area contributed by atoms with E-state index in [9.17, 15) is 9.59 Å². The van der Waals surface area contributed by atoms with Gasteiger partial charge in [-0.15, -0.1) is 0 Å². The summed E-state index contributed by atoms with van der Waals surface area (Å²) in [6, 6.07) is 13.4. The van der Waals surface area contributed by atoms with Crippen LogP contribution in [0.2, 0.25) is 0 Å². The number of anilines is 1. The maximum absolute atomic E-state index is 12.3. The molecule has 1 aromatic heterocycles. The molecule has 5 heteroatoms. The van der Waals surface area contributed by atoms with Gasteiger partial charge in [-0.25, -0.2) is 4.79 Å². The quantitative estimate of drug-likeness (QED) is 0.753. The second-order valence-electron chi connectivity index (χ2n) is 5.15. The number of rotatable bonds is 3. The van der Waals surface area contributed by atoms with Crippen molar-refractivity contribution in [2.24, 2.45) is 0 Å². The fraction of sp³-hybridized carbons (Fsp3) is 0.111. The summed E-state index contributed by atoms with van der Waals surface area (Å²) in [6.45, 7) is 1.91. The van der Waals surface area contributed by atoms with Crippen LogP contribution < -0.4 is 15.7 Å². The summed E-state index contributed by atoms with van der Waals surface area (Å²) in [5.74, 6) is 0.429. The molecule has 23 heavy (non-hydrogen) atoms. The van der Waals surface area contributed by atoms with Crippen molar-refractivity contribution >= 4 is 22.6 Å². The van der Waals surface area contributed by atoms with Crippen LogP contribution in [0.25, 0.3) is 11.0 Å². The van der Waals surface area contributed by atoms with Crippen molar-refractivity contribution in [1.82, 2.24) is 0 Å². The van der Waals surface area contributed by atoms with Crippen molar-refractivity contribution in [3.05, 3.63) is 70.1 Å². The van der Waals surface area contributed by atoms with Gasteiger partial charge in [-0.1, -0.05) is 6.07 Å². The van der Waals surface area contributed by atoms with Crippen LogP contribution in [0.5, 0.6) is 5.75 Å². The third-order valence-electron chi connectivity index (χ3n) is 3.55. The number of aryl methyl sites for hydroxylation is 1. The monoisotopic (exact) mass is 309 g/mol. The standard InChI is InChI=1S/C18H15NO4/c1-11-3-4-13(10-16(11)22-2)18(21)19-14-6-7-15-12(9-14)5-8-17(20)23-15/h3-10H,1-2H3,(H,19,21). The Labute approximate surface area is 132 Å². The van der Waals surface area contributed by atoms with Gasteiger partial charge >= 0.3 is 5.63 Å². The summed E-state index contributed by atoms with van der Waals surface area (Å²) < 4.78 is 10.3. The van der Waals surface area contributed by atoms with Crippen LogP contribution in [0.1, 0.15) is 15.9 Å². The van der Waals surface area contributed by atoms with Gasteiger partial charge in [0.1, 0.15) is 11.3 Å². The van der Waals surface area contributed by atoms with Gasteiger partial charge in [0, 0.05) is 22.7 Å². The van der Waals surface area contributed by atoms with E-state index in [0.717, 1.165) is 10.9 Å². The second-order valence-corrected chi connectivity index (χ2v) is 5.15. The van der Waals surface area contributed by atoms with Crippen LogP contribution in [0, 0.1) is 6.92 Å². The molecule has 0 bridgehead atoms. The van der Waals surface area contributed by atoms with E-state index < -0.39 is 5.63 Å². The molecule has 2 aromatic carbocycles. The first kappa shape index (κ1) is 14.8. The van der Waals surface area contributed by atoms with E-state index in [1.54, 1.807) is 43.5 Å². The number of amides is 1. The third kappa shape index (κ3) is 3.08. The second kappa shape index (κ2) is 5.96. The van der Waals surface area contributed by atoms with Crippen LogP contribution in [0.4, 0.5) is 5.69 Å². The van der Waals surface area contributed by atoms with Crippen LogP contribution in [0.15, 0.2) is 57.7 Å². The fourth-order valence-corrected chi connectivity index (χ4v) is 2.31. The Balaban J connectivity index is 1.87. The lowest BCUT2D eigenvalue weighted by molar-refractivity contribution is 0.102. The summed E-state index contributed by atoms with van der Waals surface area (Å²) in [4.78, 5) is 23.5. The predicted octanol–water partition coefficient (Wildman–Crippen LogP) is 3.36. The molecule has 0 aliphatic heterocycles. The molecule has 1 N–H and O–H groups in total. The Hall–Kier alpha value is -3.08. The molecule has 1 amide bonds. The lowest BCUT2D eigenvalue weighted by Crippen LogP contribution is -2.12. The molecule has 0 saturated heterocycles. The minimum atomic E-state index is -0.402. The summed E-state index contributed by atoms with van der Waals surface area (Å²) in [5, 5.41) is 3.56. The Kier molecular flexibility index (Phi) is 3.85. The minimum Gasteiger partial charge on any atom is -0.496 e. The van der Waals surface area contributed by atoms with Crippen molar-refractivity contribution in [2.45, 2.75) is 6.92 Å². The van der Waals surface area contributed by atoms with Gasteiger partial charge < -0.3 is 14.5 Å². The molecule has 0 fully saturated rings. The van der Waals surface area contributed by atoms with E-state index in [0.29, 0.717) is 22.6 Å². The number of benzene rings is 2. The molecule has 0 atom stereocenters. The van der Waals surface area contributed by atoms with Crippen molar-refractivity contribution in [1.29, 1.82) is 0 Å². The minimum absolute atomic E-state index is 0.236. The average molecular weight is 309 g/mol. The molecular formula is C18H15NO4. The Morgan fingerprint density at radius 2 is 1.91 bits per heavy atom. The first-order valence-electron chi connectivity index (χ1n) is 7.07. The summed E-state index contributed by atoms with van der Waals surface area (Å²) in [5.41, 5.74) is 2.17. The molecule has 0 aliphatic rings. The number of ether oxygens (including phenoxy) is 1. The molecule has 3 rings (SSSR count). The summed E-state index contributed by atoms with van der Waals surface area (Å²) >= 11 is 0. The lowest BCUT2D eigenvalue weighted by Gasteiger charge is -2.09. The van der Waals surface area contributed by atoms with Crippen LogP contribution >= 0.6 is 0 Å². The van der Waals surface area contributed by atoms with E-state index in [2.05, 4.69) is 5.32 Å². The summed E-state index contributed by atoms with van der Waals surface area (Å²) in [7, 11) is 1.57. The maximum Gasteiger partial charge on any atom is 0.336 e. The van der Waals surface area contributed by atoms with Gasteiger partial charge in [-0.05, 0) is 48.9 Å². The van der Waals surface area contributed by atoms with Crippen molar-refractivity contribution in [3.63, 3.8) is 0 Å². The molecule has 0 aliphatic carbocycles. The van der Waals surface area contributed by atoms with Gasteiger partial charge in [-0.2, -0.15) is 0 Å². The van der Waals surface area contributed by atoms with Crippen molar-refractivity contribution in [2.75, 3.05) is 12.4 Å². The molecule has 0 radical (unpaired) electrons. The summed E-state index contributed by atoms with van der Waals surface area (Å²) in [6.07, 6.45) is 0. The highest BCUT2D eigenvalue weighted by Gasteiger charge is 2.09. The smallest absolute Gasteiger partial charge is 0.336 e. The number of methoxy groups -OCH3 is 1. The average Bonchev–Trinajstić information content (AvgIpc) is 2.55. The van der Waals surface area contributed by atoms with Crippen LogP contribution in [0.3, 0.4) is 0 Å². The molecule has 0 spiro atoms. The van der Waals surface area contributed by atoms with E-state index in [4.69, 9.17) is 9.15 Å². The predicted molar refractivity (Wildman–Crippen MR) is 88.2 cm³/mol. The van der Waals surface area contributed by atoms with Crippen LogP contribution in [-0.4, -0.2) is 13.0 Å². The van der Waals surface area contributed by atoms with E-state index in [1.165, 1.54) is 6.07 Å². The largest absolute Gasteiger partial charge is 0.496 e. The number of hydrogen-bond donors (Lipinski definition) is 1. The molecule has 5 nitrogen and oxygen atoms in total. The van der Waals surface area contributed by atoms with Crippen molar-refractivity contribution < 1.29 is 13.9 Å². The number of hydrogen-bond acceptors (Lipinski definition) is 4. The molecule has 116 valence electrons. The van der Waals surface area contributed by atoms with E-state index in [-0.39, 0.29) is 5.91 Å². The van der Waals surface area contributed by atoms with Gasteiger partial charge in [0.2, 0.25) is 0 Å². The molecule has 1 heterocycles. The molecular weight excluding hydrogens is 294 g/mol. The lowest BCUT2D eigenvalue weighted by atomic mass is 10.1. The molecule has 0 unspecified atom stereocenters. The molecule has 0 saturated carbocycles. The SMILES string of the molecule is COc1cc(C(=O)Nc2ccc3oc(=O)ccc3c2)ccc1C. The number of carbonyl (C=O) groups excluding carboxylic acids is 1. The highest BCUT2D eigenvalue weighted by molar-refractivity contribution is 6.05. The fourth-order valence-electron chi connectivity index (χ4n) is 2.31.